The number of likely N-dealkylation sites (tertiary alicyclic amines) is 1. The lowest BCUT2D eigenvalue weighted by atomic mass is 9.48. The van der Waals surface area contributed by atoms with E-state index in [0.717, 1.165) is 43.6 Å². The van der Waals surface area contributed by atoms with Crippen LogP contribution in [-0.2, 0) is 16.0 Å². The van der Waals surface area contributed by atoms with Crippen LogP contribution in [0.3, 0.4) is 0 Å². The first-order valence-electron chi connectivity index (χ1n) is 14.1. The summed E-state index contributed by atoms with van der Waals surface area (Å²) in [6.45, 7) is 9.78. The third-order valence-electron chi connectivity index (χ3n) is 10.3. The summed E-state index contributed by atoms with van der Waals surface area (Å²) >= 11 is 0. The lowest BCUT2D eigenvalue weighted by Crippen LogP contribution is -2.73. The number of benzene rings is 1. The predicted octanol–water partition coefficient (Wildman–Crippen LogP) is 2.70. The SMILES string of the molecule is CC(C)N1CC2(CN(c3ccc(Nc4ncc5c(n4)N(C46CC(C4)C6)C(=O)[C@]4(CCNC4=O)C5)cc3)C2)C1. The Hall–Kier alpha value is -3.20. The largest absolute Gasteiger partial charge is 0.370 e. The van der Waals surface area contributed by atoms with Gasteiger partial charge >= 0.3 is 0 Å². The average Bonchev–Trinajstić information content (AvgIpc) is 3.14. The number of rotatable bonds is 5. The molecule has 5 heterocycles. The summed E-state index contributed by atoms with van der Waals surface area (Å²) in [4.78, 5) is 43.1. The molecule has 7 aliphatic rings. The number of aromatic nitrogens is 2. The summed E-state index contributed by atoms with van der Waals surface area (Å²) in [6.07, 6.45) is 5.77. The van der Waals surface area contributed by atoms with Crippen molar-refractivity contribution in [2.24, 2.45) is 16.7 Å². The first kappa shape index (κ1) is 22.8. The number of hydrogen-bond donors (Lipinski definition) is 2. The van der Waals surface area contributed by atoms with Crippen LogP contribution < -0.4 is 20.4 Å². The second kappa shape index (κ2) is 7.46. The molecule has 6 fully saturated rings. The normalized spacial score (nSPS) is 32.4. The minimum absolute atomic E-state index is 0.0672. The molecule has 1 aromatic heterocycles. The van der Waals surface area contributed by atoms with Crippen LogP contribution in [0.5, 0.6) is 0 Å². The van der Waals surface area contributed by atoms with Crippen molar-refractivity contribution >= 4 is 35.0 Å². The smallest absolute Gasteiger partial charge is 0.244 e. The maximum Gasteiger partial charge on any atom is 0.244 e. The van der Waals surface area contributed by atoms with Crippen molar-refractivity contribution in [3.8, 4) is 0 Å². The number of nitrogens with one attached hydrogen (secondary N) is 2. The molecule has 9 nitrogen and oxygen atoms in total. The number of carbonyl (C=O) groups is 2. The van der Waals surface area contributed by atoms with Crippen molar-refractivity contribution in [1.29, 1.82) is 0 Å². The summed E-state index contributed by atoms with van der Waals surface area (Å²) in [5, 5.41) is 6.25. The Morgan fingerprint density at radius 3 is 2.39 bits per heavy atom. The minimum atomic E-state index is -1.00. The molecule has 2 amide bonds. The molecule has 2 N–H and O–H groups in total. The number of carbonyl (C=O) groups excluding carboxylic acids is 2. The lowest BCUT2D eigenvalue weighted by Gasteiger charge is -2.67. The molecular formula is C29H35N7O2. The zero-order valence-electron chi connectivity index (χ0n) is 22.2. The molecule has 38 heavy (non-hydrogen) atoms. The molecule has 1 atom stereocenters. The molecule has 0 unspecified atom stereocenters. The van der Waals surface area contributed by atoms with E-state index in [2.05, 4.69) is 63.5 Å². The standard InChI is InChI=1S/C29H35N7O2/c1-18(2)34-14-27(15-34)16-35(17-27)22-5-3-21(4-6-22)32-26-31-13-20-12-29(7-8-30-24(29)37)25(38)36(23(20)33-26)28-9-19(10-28)11-28/h3-6,13,18-19H,7-12,14-17H2,1-2H3,(H,30,37)(H,31,32,33)/t19?,28?,29-/m1/s1. The van der Waals surface area contributed by atoms with Crippen LogP contribution >= 0.6 is 0 Å². The zero-order valence-corrected chi connectivity index (χ0v) is 22.2. The molecule has 1 aromatic carbocycles. The van der Waals surface area contributed by atoms with E-state index in [4.69, 9.17) is 4.98 Å². The van der Waals surface area contributed by atoms with Gasteiger partial charge in [-0.3, -0.25) is 19.4 Å². The van der Waals surface area contributed by atoms with E-state index in [-0.39, 0.29) is 17.4 Å². The highest BCUT2D eigenvalue weighted by atomic mass is 16.2. The predicted molar refractivity (Wildman–Crippen MR) is 144 cm³/mol. The number of nitrogens with zero attached hydrogens (tertiary/aromatic N) is 5. The first-order valence-corrected chi connectivity index (χ1v) is 14.1. The van der Waals surface area contributed by atoms with Gasteiger partial charge in [-0.05, 0) is 69.7 Å². The van der Waals surface area contributed by atoms with Gasteiger partial charge in [0, 0.05) is 73.7 Å². The van der Waals surface area contributed by atoms with Crippen molar-refractivity contribution in [3.63, 3.8) is 0 Å². The van der Waals surface area contributed by atoms with Gasteiger partial charge in [0.05, 0.1) is 5.54 Å². The van der Waals surface area contributed by atoms with Gasteiger partial charge in [0.2, 0.25) is 17.8 Å². The summed E-state index contributed by atoms with van der Waals surface area (Å²) in [6, 6.07) is 9.11. The van der Waals surface area contributed by atoms with Gasteiger partial charge in [-0.25, -0.2) is 4.98 Å². The maximum absolute atomic E-state index is 13.9. The van der Waals surface area contributed by atoms with Crippen molar-refractivity contribution in [1.82, 2.24) is 20.2 Å². The molecule has 0 radical (unpaired) electrons. The van der Waals surface area contributed by atoms with Crippen LogP contribution in [0.25, 0.3) is 0 Å². The fourth-order valence-electron chi connectivity index (χ4n) is 7.89. The Balaban J connectivity index is 1.01. The fraction of sp³-hybridized carbons (Fsp3) is 0.586. The molecule has 3 aliphatic carbocycles. The van der Waals surface area contributed by atoms with Crippen LogP contribution in [0.1, 0.15) is 45.1 Å². The van der Waals surface area contributed by atoms with Crippen LogP contribution in [-0.4, -0.2) is 71.0 Å². The zero-order chi connectivity index (χ0) is 25.9. The average molecular weight is 514 g/mol. The Labute approximate surface area is 223 Å². The first-order chi connectivity index (χ1) is 18.3. The Morgan fingerprint density at radius 2 is 1.79 bits per heavy atom. The van der Waals surface area contributed by atoms with E-state index in [0.29, 0.717) is 48.5 Å². The topological polar surface area (TPSA) is 93.7 Å². The van der Waals surface area contributed by atoms with Gasteiger partial charge < -0.3 is 15.5 Å². The minimum Gasteiger partial charge on any atom is -0.370 e. The molecule has 2 spiro atoms. The summed E-state index contributed by atoms with van der Waals surface area (Å²) in [5.74, 6) is 1.67. The Kier molecular flexibility index (Phi) is 4.47. The lowest BCUT2D eigenvalue weighted by molar-refractivity contribution is -0.144. The highest BCUT2D eigenvalue weighted by molar-refractivity contribution is 6.15. The van der Waals surface area contributed by atoms with Gasteiger partial charge in [-0.15, -0.1) is 0 Å². The number of anilines is 4. The number of hydrogen-bond acceptors (Lipinski definition) is 7. The fourth-order valence-corrected chi connectivity index (χ4v) is 7.89. The molecule has 3 saturated heterocycles. The number of amides is 2. The monoisotopic (exact) mass is 513 g/mol. The summed E-state index contributed by atoms with van der Waals surface area (Å²) in [5.41, 5.74) is 2.38. The Bertz CT molecular complexity index is 1330. The van der Waals surface area contributed by atoms with E-state index in [1.165, 1.54) is 18.8 Å². The molecule has 2 aromatic rings. The van der Waals surface area contributed by atoms with Gasteiger partial charge in [-0.1, -0.05) is 0 Å². The van der Waals surface area contributed by atoms with Crippen LogP contribution in [0, 0.1) is 16.7 Å². The molecule has 9 heteroatoms. The van der Waals surface area contributed by atoms with Crippen LogP contribution in [0.4, 0.5) is 23.1 Å². The second-order valence-electron chi connectivity index (χ2n) is 13.2. The van der Waals surface area contributed by atoms with E-state index in [1.54, 1.807) is 0 Å². The maximum atomic E-state index is 13.9. The van der Waals surface area contributed by atoms with E-state index in [9.17, 15) is 9.59 Å². The van der Waals surface area contributed by atoms with E-state index >= 15 is 0 Å². The Morgan fingerprint density at radius 1 is 1.05 bits per heavy atom. The molecule has 4 aliphatic heterocycles. The molecule has 198 valence electrons. The molecule has 2 bridgehead atoms. The highest BCUT2D eigenvalue weighted by Gasteiger charge is 2.67. The second-order valence-corrected chi connectivity index (χ2v) is 13.2. The van der Waals surface area contributed by atoms with Gasteiger partial charge in [-0.2, -0.15) is 4.98 Å². The summed E-state index contributed by atoms with van der Waals surface area (Å²) in [7, 11) is 0. The molecule has 9 rings (SSSR count). The summed E-state index contributed by atoms with van der Waals surface area (Å²) < 4.78 is 0. The molecule has 3 saturated carbocycles. The van der Waals surface area contributed by atoms with E-state index < -0.39 is 5.41 Å². The van der Waals surface area contributed by atoms with Crippen molar-refractivity contribution in [3.05, 3.63) is 36.0 Å². The third kappa shape index (κ3) is 3.02. The van der Waals surface area contributed by atoms with Gasteiger partial charge in [0.1, 0.15) is 11.2 Å². The van der Waals surface area contributed by atoms with Crippen molar-refractivity contribution in [2.75, 3.05) is 47.8 Å². The van der Waals surface area contributed by atoms with Crippen molar-refractivity contribution < 1.29 is 9.59 Å². The van der Waals surface area contributed by atoms with Gasteiger partial charge in [0.25, 0.3) is 0 Å². The third-order valence-corrected chi connectivity index (χ3v) is 10.3. The van der Waals surface area contributed by atoms with Crippen LogP contribution in [0.15, 0.2) is 30.5 Å². The van der Waals surface area contributed by atoms with E-state index in [1.807, 2.05) is 11.1 Å². The van der Waals surface area contributed by atoms with Gasteiger partial charge in [0.15, 0.2) is 0 Å². The quantitative estimate of drug-likeness (QED) is 0.594. The highest BCUT2D eigenvalue weighted by Crippen LogP contribution is 2.63. The van der Waals surface area contributed by atoms with Crippen molar-refractivity contribution in [2.45, 2.75) is 57.5 Å². The molecular weight excluding hydrogens is 478 g/mol. The number of fused-ring (bicyclic) bond motifs is 1. The van der Waals surface area contributed by atoms with Crippen LogP contribution in [0.2, 0.25) is 0 Å².